The number of hydrogen-bond donors (Lipinski definition) is 0. The summed E-state index contributed by atoms with van der Waals surface area (Å²) in [6.07, 6.45) is -1.74. The SMILES string of the molecule is CCc1cn2c(n1)c(N1CCN(C)CC1)nc1cc(C(F)(F)F)ccc12. The third kappa shape index (κ3) is 2.88. The molecule has 0 spiro atoms. The molecule has 0 saturated carbocycles. The first-order chi connectivity index (χ1) is 12.4. The van der Waals surface area contributed by atoms with Crippen LogP contribution in [-0.2, 0) is 12.6 Å². The Kier molecular flexibility index (Phi) is 4.02. The van der Waals surface area contributed by atoms with Crippen molar-refractivity contribution in [2.75, 3.05) is 38.1 Å². The van der Waals surface area contributed by atoms with Gasteiger partial charge >= 0.3 is 6.18 Å². The first kappa shape index (κ1) is 17.1. The number of halogens is 3. The van der Waals surface area contributed by atoms with Crippen LogP contribution in [0.3, 0.4) is 0 Å². The van der Waals surface area contributed by atoms with E-state index in [1.54, 1.807) is 0 Å². The number of imidazole rings is 1. The predicted octanol–water partition coefficient (Wildman–Crippen LogP) is 3.22. The number of fused-ring (bicyclic) bond motifs is 3. The molecule has 2 aromatic heterocycles. The van der Waals surface area contributed by atoms with E-state index in [-0.39, 0.29) is 0 Å². The Balaban J connectivity index is 1.93. The number of anilines is 1. The fourth-order valence-electron chi connectivity index (χ4n) is 3.33. The highest BCUT2D eigenvalue weighted by atomic mass is 19.4. The van der Waals surface area contributed by atoms with Gasteiger partial charge in [-0.25, -0.2) is 9.97 Å². The number of nitrogens with zero attached hydrogens (tertiary/aromatic N) is 5. The van der Waals surface area contributed by atoms with E-state index >= 15 is 0 Å². The normalized spacial score (nSPS) is 16.7. The molecule has 1 aliphatic rings. The van der Waals surface area contributed by atoms with Gasteiger partial charge in [0.2, 0.25) is 0 Å². The highest BCUT2D eigenvalue weighted by Gasteiger charge is 2.31. The van der Waals surface area contributed by atoms with E-state index in [0.717, 1.165) is 50.4 Å². The van der Waals surface area contributed by atoms with Crippen LogP contribution < -0.4 is 4.90 Å². The average Bonchev–Trinajstić information content (AvgIpc) is 3.05. The zero-order valence-corrected chi connectivity index (χ0v) is 14.7. The topological polar surface area (TPSA) is 36.7 Å². The summed E-state index contributed by atoms with van der Waals surface area (Å²) >= 11 is 0. The average molecular weight is 363 g/mol. The smallest absolute Gasteiger partial charge is 0.351 e. The monoisotopic (exact) mass is 363 g/mol. The summed E-state index contributed by atoms with van der Waals surface area (Å²) in [4.78, 5) is 13.6. The predicted molar refractivity (Wildman–Crippen MR) is 94.6 cm³/mol. The van der Waals surface area contributed by atoms with Gasteiger partial charge in [-0.1, -0.05) is 6.92 Å². The number of hydrogen-bond acceptors (Lipinski definition) is 4. The second-order valence-electron chi connectivity index (χ2n) is 6.71. The molecule has 1 aliphatic heterocycles. The van der Waals surface area contributed by atoms with Crippen molar-refractivity contribution in [2.24, 2.45) is 0 Å². The molecule has 0 N–H and O–H groups in total. The van der Waals surface area contributed by atoms with Gasteiger partial charge in [-0.3, -0.25) is 4.40 Å². The number of likely N-dealkylation sites (N-methyl/N-ethyl adjacent to an activating group) is 1. The van der Waals surface area contributed by atoms with Gasteiger partial charge in [0.05, 0.1) is 22.3 Å². The second kappa shape index (κ2) is 6.12. The van der Waals surface area contributed by atoms with E-state index in [9.17, 15) is 13.2 Å². The summed E-state index contributed by atoms with van der Waals surface area (Å²) in [5, 5.41) is 0. The van der Waals surface area contributed by atoms with Gasteiger partial charge in [-0.05, 0) is 31.7 Å². The Morgan fingerprint density at radius 1 is 1.08 bits per heavy atom. The number of piperazine rings is 1. The molecular weight excluding hydrogens is 343 g/mol. The maximum Gasteiger partial charge on any atom is 0.416 e. The summed E-state index contributed by atoms with van der Waals surface area (Å²) in [6.45, 7) is 5.33. The number of rotatable bonds is 2. The summed E-state index contributed by atoms with van der Waals surface area (Å²) in [6, 6.07) is 3.71. The minimum Gasteiger partial charge on any atom is -0.351 e. The number of benzene rings is 1. The molecule has 0 radical (unpaired) electrons. The summed E-state index contributed by atoms with van der Waals surface area (Å²) in [5.41, 5.74) is 1.89. The number of aryl methyl sites for hydroxylation is 1. The van der Waals surface area contributed by atoms with Crippen LogP contribution in [0.1, 0.15) is 18.2 Å². The lowest BCUT2D eigenvalue weighted by Gasteiger charge is -2.33. The third-order valence-electron chi connectivity index (χ3n) is 4.91. The third-order valence-corrected chi connectivity index (χ3v) is 4.91. The van der Waals surface area contributed by atoms with E-state index in [1.165, 1.54) is 6.07 Å². The quantitative estimate of drug-likeness (QED) is 0.701. The fraction of sp³-hybridized carbons (Fsp3) is 0.444. The summed E-state index contributed by atoms with van der Waals surface area (Å²) in [7, 11) is 2.06. The number of aromatic nitrogens is 3. The molecule has 3 heterocycles. The van der Waals surface area contributed by atoms with E-state index in [2.05, 4.69) is 26.8 Å². The zero-order chi connectivity index (χ0) is 18.5. The Labute approximate surface area is 149 Å². The van der Waals surface area contributed by atoms with Crippen molar-refractivity contribution in [1.82, 2.24) is 19.3 Å². The van der Waals surface area contributed by atoms with Gasteiger partial charge < -0.3 is 9.80 Å². The maximum absolute atomic E-state index is 13.1. The lowest BCUT2D eigenvalue weighted by atomic mass is 10.2. The minimum absolute atomic E-state index is 0.335. The van der Waals surface area contributed by atoms with Gasteiger partial charge in [-0.15, -0.1) is 0 Å². The molecule has 0 bridgehead atoms. The van der Waals surface area contributed by atoms with Crippen molar-refractivity contribution in [2.45, 2.75) is 19.5 Å². The first-order valence-corrected chi connectivity index (χ1v) is 8.69. The molecular formula is C18H20F3N5. The molecule has 138 valence electrons. The van der Waals surface area contributed by atoms with E-state index < -0.39 is 11.7 Å². The molecule has 0 atom stereocenters. The van der Waals surface area contributed by atoms with E-state index in [1.807, 2.05) is 17.5 Å². The molecule has 1 fully saturated rings. The Bertz CT molecular complexity index is 955. The van der Waals surface area contributed by atoms with Crippen molar-refractivity contribution in [1.29, 1.82) is 0 Å². The Morgan fingerprint density at radius 3 is 2.46 bits per heavy atom. The zero-order valence-electron chi connectivity index (χ0n) is 14.7. The standard InChI is InChI=1S/C18H20F3N5/c1-3-13-11-26-15-5-4-12(18(19,20)21)10-14(15)23-16(17(26)22-13)25-8-6-24(2)7-9-25/h4-5,10-11H,3,6-9H2,1-2H3. The highest BCUT2D eigenvalue weighted by Crippen LogP contribution is 2.33. The van der Waals surface area contributed by atoms with E-state index in [4.69, 9.17) is 0 Å². The van der Waals surface area contributed by atoms with Crippen LogP contribution >= 0.6 is 0 Å². The van der Waals surface area contributed by atoms with Crippen LogP contribution in [0.5, 0.6) is 0 Å². The minimum atomic E-state index is -4.39. The van der Waals surface area contributed by atoms with Crippen LogP contribution in [0.4, 0.5) is 19.0 Å². The highest BCUT2D eigenvalue weighted by molar-refractivity contribution is 5.84. The molecule has 26 heavy (non-hydrogen) atoms. The van der Waals surface area contributed by atoms with Gasteiger partial charge in [0.25, 0.3) is 0 Å². The second-order valence-corrected chi connectivity index (χ2v) is 6.71. The summed E-state index contributed by atoms with van der Waals surface area (Å²) < 4.78 is 41.2. The van der Waals surface area contributed by atoms with Crippen molar-refractivity contribution >= 4 is 22.5 Å². The molecule has 5 nitrogen and oxygen atoms in total. The largest absolute Gasteiger partial charge is 0.416 e. The van der Waals surface area contributed by atoms with Crippen LogP contribution in [-0.4, -0.2) is 52.5 Å². The van der Waals surface area contributed by atoms with Crippen molar-refractivity contribution in [3.8, 4) is 0 Å². The molecule has 0 aliphatic carbocycles. The van der Waals surface area contributed by atoms with Crippen LogP contribution in [0.25, 0.3) is 16.7 Å². The first-order valence-electron chi connectivity index (χ1n) is 8.69. The van der Waals surface area contributed by atoms with Gasteiger partial charge in [0, 0.05) is 32.4 Å². The van der Waals surface area contributed by atoms with Crippen molar-refractivity contribution < 1.29 is 13.2 Å². The number of alkyl halides is 3. The molecule has 1 aromatic carbocycles. The molecule has 0 unspecified atom stereocenters. The molecule has 4 rings (SSSR count). The lowest BCUT2D eigenvalue weighted by Crippen LogP contribution is -2.45. The maximum atomic E-state index is 13.1. The van der Waals surface area contributed by atoms with Crippen LogP contribution in [0, 0.1) is 0 Å². The van der Waals surface area contributed by atoms with Crippen LogP contribution in [0.15, 0.2) is 24.4 Å². The Morgan fingerprint density at radius 2 is 1.81 bits per heavy atom. The molecule has 3 aromatic rings. The lowest BCUT2D eigenvalue weighted by molar-refractivity contribution is -0.137. The van der Waals surface area contributed by atoms with E-state index in [0.29, 0.717) is 22.5 Å². The summed E-state index contributed by atoms with van der Waals surface area (Å²) in [5.74, 6) is 0.657. The van der Waals surface area contributed by atoms with Crippen molar-refractivity contribution in [3.05, 3.63) is 35.7 Å². The van der Waals surface area contributed by atoms with Gasteiger partial charge in [0.1, 0.15) is 0 Å². The van der Waals surface area contributed by atoms with Gasteiger partial charge in [-0.2, -0.15) is 13.2 Å². The molecule has 8 heteroatoms. The van der Waals surface area contributed by atoms with Crippen molar-refractivity contribution in [3.63, 3.8) is 0 Å². The Hall–Kier alpha value is -2.35. The molecule has 1 saturated heterocycles. The van der Waals surface area contributed by atoms with Gasteiger partial charge in [0.15, 0.2) is 11.5 Å². The van der Waals surface area contributed by atoms with Crippen LogP contribution in [0.2, 0.25) is 0 Å². The molecule has 0 amide bonds. The fourth-order valence-corrected chi connectivity index (χ4v) is 3.33.